The van der Waals surface area contributed by atoms with Crippen LogP contribution in [0, 0.1) is 5.92 Å². The maximum Gasteiger partial charge on any atom is 0.266 e. The third-order valence-corrected chi connectivity index (χ3v) is 22.1. The summed E-state index contributed by atoms with van der Waals surface area (Å²) in [4.78, 5) is 52.1. The highest BCUT2D eigenvalue weighted by molar-refractivity contribution is 7.99. The molecule has 0 amide bonds. The number of aromatic amines is 15. The zero-order valence-electron chi connectivity index (χ0n) is 72.1. The van der Waals surface area contributed by atoms with Gasteiger partial charge in [-0.25, -0.2) is 130 Å². The standard InChI is InChI=1S/C13H20N4S2.C12H22N2OS.2C11H16N4.4C9H12N4.CH4/c1-18-9-3-12-14-5-7-16(12)11-17-8-6-15-13(17)4-10-19-2;1-11(2)10-15-7-3-8-16-9-4-12-13-5-6-14-12;2*1-3-10-5-12-9-15(10)7-11-6-13-8-14(11)4-2;4*1-12-5-3-10-8(12)7-9-11-4-6-13(9)2;/h5-8H,3-4,9-11H2,1-2H3;5-6,11H,3-4,7-10H2,1-2H3,(H,13,14);2*5-6,8-9H,3-4,7H2,1-2H3;4*3-6H,7H2,1-2H3;1H4/p+14. The number of hydrogen-bond donors (Lipinski definition) is 15. The first-order valence-corrected chi connectivity index (χ1v) is 44.4. The van der Waals surface area contributed by atoms with Crippen LogP contribution in [0.3, 0.4) is 0 Å². The van der Waals surface area contributed by atoms with E-state index >= 15 is 0 Å². The van der Waals surface area contributed by atoms with Crippen LogP contribution in [0.15, 0.2) is 186 Å². The Hall–Kier alpha value is -10.8. The van der Waals surface area contributed by atoms with Gasteiger partial charge in [0.05, 0.1) is 82.3 Å². The summed E-state index contributed by atoms with van der Waals surface area (Å²) in [5.41, 5.74) is 5.27. The second kappa shape index (κ2) is 52.1. The van der Waals surface area contributed by atoms with Gasteiger partial charge in [0.1, 0.15) is 166 Å². The summed E-state index contributed by atoms with van der Waals surface area (Å²) in [5.74, 6) is 18.5. The van der Waals surface area contributed by atoms with Crippen LogP contribution in [0.4, 0.5) is 0 Å². The minimum atomic E-state index is 0. The third kappa shape index (κ3) is 31.2. The topological polar surface area (TPSA) is 313 Å². The molecule has 118 heavy (non-hydrogen) atoms. The van der Waals surface area contributed by atoms with Gasteiger partial charge < -0.3 is 9.72 Å². The highest BCUT2D eigenvalue weighted by atomic mass is 32.2. The molecule has 15 aromatic rings. The molecule has 0 bridgehead atoms. The van der Waals surface area contributed by atoms with Crippen LogP contribution in [0.2, 0.25) is 0 Å². The fourth-order valence-corrected chi connectivity index (χ4v) is 14.2. The molecule has 15 heterocycles. The van der Waals surface area contributed by atoms with Crippen molar-refractivity contribution in [3.05, 3.63) is 273 Å². The Morgan fingerprint density at radius 2 is 0.669 bits per heavy atom. The highest BCUT2D eigenvalue weighted by Crippen LogP contribution is 2.07. The van der Waals surface area contributed by atoms with Crippen molar-refractivity contribution in [3.8, 4) is 0 Å². The van der Waals surface area contributed by atoms with Crippen LogP contribution in [-0.4, -0.2) is 128 Å². The van der Waals surface area contributed by atoms with Crippen molar-refractivity contribution in [1.29, 1.82) is 0 Å². The van der Waals surface area contributed by atoms with Crippen LogP contribution >= 0.6 is 35.3 Å². The second-order valence-corrected chi connectivity index (χ2v) is 31.9. The zero-order chi connectivity index (χ0) is 83.5. The lowest BCUT2D eigenvalue weighted by molar-refractivity contribution is -0.917. The van der Waals surface area contributed by atoms with E-state index in [1.54, 1.807) is 6.20 Å². The lowest BCUT2D eigenvalue weighted by Gasteiger charge is -2.06. The SMILES string of the molecule is C.CC(C)COCCCSCCc1ncc[nH]1.CCc1c[nH]c[n+]1Cc1c[nH]c[n+]1CC.CCc1c[nH]c[n+]1Cc1c[nH]c[n+]1CC.CSCCc1[nH]cc[n+]1C[n+]1cc[nH]c1CCSC.C[n+]1cc[nH]c1Cc1[nH]cc[n+]1C.C[n+]1cc[nH]c1Cc1[nH]cc[n+]1C.C[n+]1cc[nH]c1Cc1[nH]cc[n+]1C.C[n+]1cc[nH]c1Cc1[nH]cc[n+]1C. The van der Waals surface area contributed by atoms with Crippen molar-refractivity contribution in [2.75, 3.05) is 48.7 Å². The average molecular weight is 1680 g/mol. The maximum absolute atomic E-state index is 5.52. The van der Waals surface area contributed by atoms with Crippen LogP contribution in [0.25, 0.3) is 0 Å². The average Bonchev–Trinajstić information content (AvgIpc) is 2.54. The minimum absolute atomic E-state index is 0. The Balaban J connectivity index is 0.000000186. The van der Waals surface area contributed by atoms with Gasteiger partial charge in [-0.2, -0.15) is 44.4 Å². The number of imidazole rings is 15. The molecule has 0 aromatic carbocycles. The van der Waals surface area contributed by atoms with E-state index in [0.717, 1.165) is 133 Å². The Kier molecular flexibility index (Phi) is 41.6. The Bertz CT molecular complexity index is 4390. The molecule has 0 unspecified atom stereocenters. The molecule has 0 saturated carbocycles. The van der Waals surface area contributed by atoms with E-state index in [-0.39, 0.29) is 7.43 Å². The first-order chi connectivity index (χ1) is 56.9. The van der Waals surface area contributed by atoms with Gasteiger partial charge in [-0.3, -0.25) is 0 Å². The molecule has 15 aromatic heterocycles. The number of H-pyrrole nitrogens is 15. The lowest BCUT2D eigenvalue weighted by atomic mass is 10.2. The van der Waals surface area contributed by atoms with Gasteiger partial charge >= 0.3 is 0 Å². The van der Waals surface area contributed by atoms with Crippen molar-refractivity contribution in [3.63, 3.8) is 0 Å². The Morgan fingerprint density at radius 1 is 0.356 bits per heavy atom. The number of thioether (sulfide) groups is 3. The molecule has 0 aliphatic rings. The van der Waals surface area contributed by atoms with Crippen molar-refractivity contribution < 1.29 is 68.7 Å². The van der Waals surface area contributed by atoms with Gasteiger partial charge in [0.25, 0.3) is 58.2 Å². The van der Waals surface area contributed by atoms with Gasteiger partial charge in [-0.1, -0.05) is 35.1 Å². The summed E-state index contributed by atoms with van der Waals surface area (Å²) in [6, 6.07) is 0. The molecule has 15 rings (SSSR count). The van der Waals surface area contributed by atoms with Crippen molar-refractivity contribution in [2.45, 2.75) is 146 Å². The van der Waals surface area contributed by atoms with Crippen LogP contribution < -0.4 is 63.9 Å². The zero-order valence-corrected chi connectivity index (χ0v) is 74.5. The van der Waals surface area contributed by atoms with Gasteiger partial charge in [0.15, 0.2) is 50.2 Å². The molecule has 31 nitrogen and oxygen atoms in total. The number of nitrogens with zero attached hydrogens (tertiary/aromatic N) is 15. The van der Waals surface area contributed by atoms with E-state index in [1.165, 1.54) is 86.8 Å². The smallest absolute Gasteiger partial charge is 0.266 e. The minimum Gasteiger partial charge on any atom is -0.381 e. The summed E-state index contributed by atoms with van der Waals surface area (Å²) in [7, 11) is 16.3. The van der Waals surface area contributed by atoms with Gasteiger partial charge in [0, 0.05) is 62.1 Å². The quantitative estimate of drug-likeness (QED) is 0.0213. The Morgan fingerprint density at radius 3 is 0.949 bits per heavy atom. The molecule has 34 heteroatoms. The van der Waals surface area contributed by atoms with Crippen molar-refractivity contribution in [1.82, 2.24) is 79.7 Å². The highest BCUT2D eigenvalue weighted by Gasteiger charge is 2.22. The van der Waals surface area contributed by atoms with Crippen LogP contribution in [-0.2, 0) is 152 Å². The first kappa shape index (κ1) is 94.3. The predicted octanol–water partition coefficient (Wildman–Crippen LogP) is 4.05. The van der Waals surface area contributed by atoms with Gasteiger partial charge in [0.2, 0.25) is 32.0 Å². The van der Waals surface area contributed by atoms with E-state index in [2.05, 4.69) is 235 Å². The molecule has 0 fully saturated rings. The monoisotopic (exact) mass is 1680 g/mol. The van der Waals surface area contributed by atoms with Crippen LogP contribution in [0.5, 0.6) is 0 Å². The van der Waals surface area contributed by atoms with Crippen molar-refractivity contribution in [2.24, 2.45) is 62.3 Å². The number of aryl methyl sites for hydroxylation is 15. The fourth-order valence-electron chi connectivity index (χ4n) is 12.5. The summed E-state index contributed by atoms with van der Waals surface area (Å²) in [6.45, 7) is 19.5. The number of ether oxygens (including phenoxy) is 1. The van der Waals surface area contributed by atoms with E-state index in [1.807, 2.05) is 235 Å². The van der Waals surface area contributed by atoms with Crippen molar-refractivity contribution >= 4 is 35.3 Å². The molecule has 0 radical (unpaired) electrons. The molecule has 0 aliphatic carbocycles. The maximum atomic E-state index is 5.52. The van der Waals surface area contributed by atoms with Crippen LogP contribution in [0.1, 0.15) is 142 Å². The van der Waals surface area contributed by atoms with E-state index in [4.69, 9.17) is 4.74 Å². The Labute approximate surface area is 709 Å². The van der Waals surface area contributed by atoms with Gasteiger partial charge in [-0.15, -0.1) is 0 Å². The first-order valence-electron chi connectivity index (χ1n) is 40.5. The number of rotatable bonds is 33. The summed E-state index contributed by atoms with van der Waals surface area (Å²) >= 11 is 5.73. The molecule has 0 spiro atoms. The molecule has 15 N–H and O–H groups in total. The number of nitrogens with one attached hydrogen (secondary N) is 15. The van der Waals surface area contributed by atoms with E-state index in [0.29, 0.717) is 5.92 Å². The normalized spacial score (nSPS) is 10.7. The lowest BCUT2D eigenvalue weighted by Crippen LogP contribution is -2.53. The summed E-state index contributed by atoms with van der Waals surface area (Å²) in [5, 5.41) is 0. The van der Waals surface area contributed by atoms with Gasteiger partial charge in [-0.05, 0) is 44.5 Å². The molecular weight excluding hydrogens is 1540 g/mol. The molecule has 0 atom stereocenters. The largest absolute Gasteiger partial charge is 0.381 e. The molecular formula is C84H140N30OS3+14. The number of aromatic nitrogens is 30. The summed E-state index contributed by atoms with van der Waals surface area (Å²) < 4.78 is 35.7. The molecule has 0 saturated heterocycles. The second-order valence-electron chi connectivity index (χ2n) is 28.7. The molecule has 0 aliphatic heterocycles. The predicted molar refractivity (Wildman–Crippen MR) is 457 cm³/mol. The van der Waals surface area contributed by atoms with E-state index in [9.17, 15) is 0 Å². The van der Waals surface area contributed by atoms with E-state index < -0.39 is 0 Å². The fraction of sp³-hybridized carbons (Fsp3) is 0.464. The third-order valence-electron chi connectivity index (χ3n) is 19.8. The summed E-state index contributed by atoms with van der Waals surface area (Å²) in [6.07, 6.45) is 74.2. The number of hydrogen-bond acceptors (Lipinski definition) is 5. The molecule has 636 valence electrons.